The van der Waals surface area contributed by atoms with Crippen LogP contribution in [0.1, 0.15) is 25.7 Å². The molecule has 0 heterocycles. The van der Waals surface area contributed by atoms with E-state index in [9.17, 15) is 13.2 Å². The van der Waals surface area contributed by atoms with Crippen LogP contribution in [0.4, 0.5) is 13.2 Å². The molecule has 2 nitrogen and oxygen atoms in total. The highest BCUT2D eigenvalue weighted by atomic mass is 19.4. The van der Waals surface area contributed by atoms with Gasteiger partial charge in [-0.1, -0.05) is 0 Å². The van der Waals surface area contributed by atoms with Crippen LogP contribution in [0.2, 0.25) is 0 Å². The van der Waals surface area contributed by atoms with Gasteiger partial charge in [0, 0.05) is 13.7 Å². The van der Waals surface area contributed by atoms with Crippen molar-refractivity contribution in [3.8, 4) is 0 Å². The first-order valence-electron chi connectivity index (χ1n) is 5.28. The van der Waals surface area contributed by atoms with Crippen LogP contribution in [0.5, 0.6) is 0 Å². The molecule has 0 aromatic carbocycles. The second-order valence-electron chi connectivity index (χ2n) is 4.16. The Bertz CT molecular complexity index is 184. The Morgan fingerprint density at radius 1 is 1.27 bits per heavy atom. The first-order valence-corrected chi connectivity index (χ1v) is 5.28. The molecule has 0 spiro atoms. The Balaban J connectivity index is 2.42. The summed E-state index contributed by atoms with van der Waals surface area (Å²) < 4.78 is 42.3. The first-order chi connectivity index (χ1) is 6.99. The normalized spacial score (nSPS) is 30.2. The molecule has 0 aromatic rings. The molecule has 0 saturated heterocycles. The van der Waals surface area contributed by atoms with E-state index in [0.717, 1.165) is 0 Å². The van der Waals surface area contributed by atoms with Gasteiger partial charge in [-0.2, -0.15) is 13.2 Å². The third kappa shape index (κ3) is 3.34. The van der Waals surface area contributed by atoms with Crippen molar-refractivity contribution in [2.24, 2.45) is 17.6 Å². The predicted molar refractivity (Wildman–Crippen MR) is 51.4 cm³/mol. The second kappa shape index (κ2) is 5.16. The molecule has 0 radical (unpaired) electrons. The maximum absolute atomic E-state index is 12.4. The lowest BCUT2D eigenvalue weighted by molar-refractivity contribution is -0.186. The van der Waals surface area contributed by atoms with Crippen molar-refractivity contribution < 1.29 is 17.9 Å². The smallest absolute Gasteiger partial charge is 0.380 e. The molecule has 15 heavy (non-hydrogen) atoms. The van der Waals surface area contributed by atoms with Crippen LogP contribution in [-0.4, -0.2) is 25.9 Å². The van der Waals surface area contributed by atoms with E-state index in [-0.39, 0.29) is 24.9 Å². The van der Waals surface area contributed by atoms with E-state index in [2.05, 4.69) is 0 Å². The zero-order valence-corrected chi connectivity index (χ0v) is 8.89. The topological polar surface area (TPSA) is 35.2 Å². The minimum Gasteiger partial charge on any atom is -0.380 e. The van der Waals surface area contributed by atoms with E-state index in [1.54, 1.807) is 7.11 Å². The first kappa shape index (κ1) is 12.8. The second-order valence-corrected chi connectivity index (χ2v) is 4.16. The molecular weight excluding hydrogens is 207 g/mol. The number of halogens is 3. The molecule has 90 valence electrons. The minimum atomic E-state index is -4.03. The van der Waals surface area contributed by atoms with E-state index >= 15 is 0 Å². The largest absolute Gasteiger partial charge is 0.391 e. The fraction of sp³-hybridized carbons (Fsp3) is 1.00. The van der Waals surface area contributed by atoms with Crippen molar-refractivity contribution in [3.05, 3.63) is 0 Å². The predicted octanol–water partition coefficient (Wildman–Crippen LogP) is 2.33. The van der Waals surface area contributed by atoms with E-state index in [4.69, 9.17) is 10.5 Å². The van der Waals surface area contributed by atoms with E-state index in [1.165, 1.54) is 0 Å². The van der Waals surface area contributed by atoms with Crippen molar-refractivity contribution in [3.63, 3.8) is 0 Å². The highest BCUT2D eigenvalue weighted by Crippen LogP contribution is 2.40. The summed E-state index contributed by atoms with van der Waals surface area (Å²) in [6, 6.07) is 0. The molecule has 1 aliphatic carbocycles. The number of nitrogens with two attached hydrogens (primary N) is 1. The maximum Gasteiger partial charge on any atom is 0.391 e. The zero-order chi connectivity index (χ0) is 11.5. The highest BCUT2D eigenvalue weighted by Gasteiger charge is 2.42. The van der Waals surface area contributed by atoms with Crippen LogP contribution in [0, 0.1) is 11.8 Å². The van der Waals surface area contributed by atoms with Crippen LogP contribution in [0.25, 0.3) is 0 Å². The number of hydrogen-bond donors (Lipinski definition) is 1. The van der Waals surface area contributed by atoms with Gasteiger partial charge in [-0.05, 0) is 31.6 Å². The standard InChI is InChI=1S/C10H18F3NO/c1-15-9(6-14)7-2-4-8(5-3-7)10(11,12)13/h7-9H,2-6,14H2,1H3. The van der Waals surface area contributed by atoms with Crippen molar-refractivity contribution in [2.75, 3.05) is 13.7 Å². The van der Waals surface area contributed by atoms with E-state index in [1.807, 2.05) is 0 Å². The minimum absolute atomic E-state index is 0.0841. The summed E-state index contributed by atoms with van der Waals surface area (Å²) in [6.07, 6.45) is -2.54. The summed E-state index contributed by atoms with van der Waals surface area (Å²) in [5, 5.41) is 0. The molecule has 1 fully saturated rings. The number of rotatable bonds is 3. The Hall–Kier alpha value is -0.290. The van der Waals surface area contributed by atoms with Gasteiger partial charge in [0.2, 0.25) is 0 Å². The lowest BCUT2D eigenvalue weighted by Crippen LogP contribution is -2.36. The zero-order valence-electron chi connectivity index (χ0n) is 8.89. The average Bonchev–Trinajstić information content (AvgIpc) is 2.19. The van der Waals surface area contributed by atoms with Crippen molar-refractivity contribution in [1.82, 2.24) is 0 Å². The molecule has 1 atom stereocenters. The Morgan fingerprint density at radius 3 is 2.13 bits per heavy atom. The fourth-order valence-corrected chi connectivity index (χ4v) is 2.30. The van der Waals surface area contributed by atoms with E-state index in [0.29, 0.717) is 19.4 Å². The lowest BCUT2D eigenvalue weighted by atomic mass is 9.79. The summed E-state index contributed by atoms with van der Waals surface area (Å²) in [4.78, 5) is 0. The van der Waals surface area contributed by atoms with Gasteiger partial charge in [-0.3, -0.25) is 0 Å². The van der Waals surface area contributed by atoms with Crippen LogP contribution >= 0.6 is 0 Å². The third-order valence-electron chi connectivity index (χ3n) is 3.30. The molecule has 1 rings (SSSR count). The van der Waals surface area contributed by atoms with Gasteiger partial charge in [-0.25, -0.2) is 0 Å². The summed E-state index contributed by atoms with van der Waals surface area (Å²) in [6.45, 7) is 0.387. The molecule has 0 bridgehead atoms. The van der Waals surface area contributed by atoms with Gasteiger partial charge in [-0.15, -0.1) is 0 Å². The Morgan fingerprint density at radius 2 is 1.80 bits per heavy atom. The Kier molecular flexibility index (Phi) is 4.40. The van der Waals surface area contributed by atoms with Crippen LogP contribution in [0.15, 0.2) is 0 Å². The molecule has 0 aromatic heterocycles. The molecule has 0 aliphatic heterocycles. The molecule has 1 aliphatic rings. The third-order valence-corrected chi connectivity index (χ3v) is 3.30. The monoisotopic (exact) mass is 225 g/mol. The number of ether oxygens (including phenoxy) is 1. The quantitative estimate of drug-likeness (QED) is 0.800. The molecule has 1 unspecified atom stereocenters. The number of methoxy groups -OCH3 is 1. The highest BCUT2D eigenvalue weighted by molar-refractivity contribution is 4.81. The van der Waals surface area contributed by atoms with Crippen LogP contribution in [-0.2, 0) is 4.74 Å². The molecular formula is C10H18F3NO. The number of alkyl halides is 3. The van der Waals surface area contributed by atoms with Gasteiger partial charge in [0.05, 0.1) is 12.0 Å². The molecule has 2 N–H and O–H groups in total. The van der Waals surface area contributed by atoms with Crippen molar-refractivity contribution in [2.45, 2.75) is 38.0 Å². The average molecular weight is 225 g/mol. The van der Waals surface area contributed by atoms with E-state index < -0.39 is 12.1 Å². The summed E-state index contributed by atoms with van der Waals surface area (Å²) in [5.74, 6) is -0.928. The Labute approximate surface area is 88.0 Å². The fourth-order valence-electron chi connectivity index (χ4n) is 2.30. The summed E-state index contributed by atoms with van der Waals surface area (Å²) >= 11 is 0. The van der Waals surface area contributed by atoms with Gasteiger partial charge >= 0.3 is 6.18 Å². The van der Waals surface area contributed by atoms with Gasteiger partial charge in [0.25, 0.3) is 0 Å². The van der Waals surface area contributed by atoms with Gasteiger partial charge in [0.15, 0.2) is 0 Å². The molecule has 0 amide bonds. The molecule has 5 heteroatoms. The van der Waals surface area contributed by atoms with Gasteiger partial charge in [0.1, 0.15) is 0 Å². The maximum atomic E-state index is 12.4. The van der Waals surface area contributed by atoms with Gasteiger partial charge < -0.3 is 10.5 Å². The van der Waals surface area contributed by atoms with Crippen molar-refractivity contribution in [1.29, 1.82) is 0 Å². The molecule has 1 saturated carbocycles. The lowest BCUT2D eigenvalue weighted by Gasteiger charge is -2.33. The summed E-state index contributed by atoms with van der Waals surface area (Å²) in [5.41, 5.74) is 5.49. The number of hydrogen-bond acceptors (Lipinski definition) is 2. The van der Waals surface area contributed by atoms with Crippen molar-refractivity contribution >= 4 is 0 Å². The van der Waals surface area contributed by atoms with Crippen LogP contribution < -0.4 is 5.73 Å². The SMILES string of the molecule is COC(CN)C1CCC(C(F)(F)F)CC1. The summed E-state index contributed by atoms with van der Waals surface area (Å²) in [7, 11) is 1.56. The van der Waals surface area contributed by atoms with Crippen LogP contribution in [0.3, 0.4) is 0 Å².